The summed E-state index contributed by atoms with van der Waals surface area (Å²) in [6.45, 7) is 11.1. The minimum absolute atomic E-state index is 0.403. The van der Waals surface area contributed by atoms with E-state index in [9.17, 15) is 0 Å². The van der Waals surface area contributed by atoms with Crippen LogP contribution in [-0.2, 0) is 5.75 Å². The molecule has 3 aromatic rings. The summed E-state index contributed by atoms with van der Waals surface area (Å²) in [6, 6.07) is 18.1. The Morgan fingerprint density at radius 1 is 1.09 bits per heavy atom. The van der Waals surface area contributed by atoms with Gasteiger partial charge in [0.1, 0.15) is 24.5 Å². The Bertz CT molecular complexity index is 1100. The second-order valence-electron chi connectivity index (χ2n) is 7.26. The normalized spacial score (nSPS) is 11.1. The van der Waals surface area contributed by atoms with E-state index in [1.54, 1.807) is 30.4 Å². The zero-order chi connectivity index (χ0) is 23.3. The summed E-state index contributed by atoms with van der Waals surface area (Å²) in [4.78, 5) is 8.88. The molecule has 0 bridgehead atoms. The van der Waals surface area contributed by atoms with E-state index < -0.39 is 0 Å². The molecule has 0 saturated carbocycles. The van der Waals surface area contributed by atoms with Gasteiger partial charge in [0.2, 0.25) is 0 Å². The molecule has 6 heteroatoms. The summed E-state index contributed by atoms with van der Waals surface area (Å²) >= 11 is 1.73. The van der Waals surface area contributed by atoms with Gasteiger partial charge in [0.15, 0.2) is 0 Å². The van der Waals surface area contributed by atoms with E-state index in [0.717, 1.165) is 52.8 Å². The van der Waals surface area contributed by atoms with E-state index in [1.807, 2.05) is 42.5 Å². The van der Waals surface area contributed by atoms with Crippen molar-refractivity contribution < 1.29 is 4.74 Å². The van der Waals surface area contributed by atoms with Crippen molar-refractivity contribution in [1.29, 1.82) is 0 Å². The Morgan fingerprint density at radius 2 is 1.97 bits per heavy atom. The molecule has 170 valence electrons. The van der Waals surface area contributed by atoms with Crippen molar-refractivity contribution in [2.24, 2.45) is 0 Å². The molecule has 0 fully saturated rings. The second kappa shape index (κ2) is 13.3. The molecule has 5 nitrogen and oxygen atoms in total. The van der Waals surface area contributed by atoms with Gasteiger partial charge in [-0.2, -0.15) is 0 Å². The van der Waals surface area contributed by atoms with E-state index in [0.29, 0.717) is 6.61 Å². The van der Waals surface area contributed by atoms with Crippen molar-refractivity contribution in [3.05, 3.63) is 103 Å². The van der Waals surface area contributed by atoms with E-state index in [1.165, 1.54) is 5.56 Å². The summed E-state index contributed by atoms with van der Waals surface area (Å²) < 4.78 is 9.41. The average molecular weight is 459 g/mol. The van der Waals surface area contributed by atoms with Crippen LogP contribution in [0.3, 0.4) is 0 Å². The lowest BCUT2D eigenvalue weighted by Gasteiger charge is -2.13. The van der Waals surface area contributed by atoms with Crippen molar-refractivity contribution in [3.63, 3.8) is 0 Å². The zero-order valence-corrected chi connectivity index (χ0v) is 19.8. The quantitative estimate of drug-likeness (QED) is 0.169. The smallest absolute Gasteiger partial charge is 0.134 e. The van der Waals surface area contributed by atoms with Gasteiger partial charge in [0, 0.05) is 29.6 Å². The molecule has 0 aliphatic heterocycles. The van der Waals surface area contributed by atoms with Gasteiger partial charge in [-0.3, -0.25) is 4.72 Å². The van der Waals surface area contributed by atoms with Crippen LogP contribution in [0.5, 0.6) is 5.75 Å². The third kappa shape index (κ3) is 7.63. The largest absolute Gasteiger partial charge is 0.488 e. The Balaban J connectivity index is 1.74. The standard InChI is InChI=1S/C27H30N4OS/c1-4-10-21(6-3)18-32-26-14-8-7-13-24(26)25-17-27(29-20-28-25)31-23-12-9-11-22(16-23)19-33-30-15-5-2/h4,6-14,16-17,20,30H,1,3,5,15,18-19H2,2H3,(H,28,29,31)/b21-10+. The van der Waals surface area contributed by atoms with Crippen LogP contribution < -0.4 is 14.8 Å². The van der Waals surface area contributed by atoms with Crippen LogP contribution in [0.1, 0.15) is 18.9 Å². The number of nitrogens with one attached hydrogen (secondary N) is 2. The molecule has 0 aliphatic rings. The number of benzene rings is 2. The molecule has 0 unspecified atom stereocenters. The monoisotopic (exact) mass is 458 g/mol. The number of rotatable bonds is 13. The first-order valence-electron chi connectivity index (χ1n) is 10.9. The van der Waals surface area contributed by atoms with Gasteiger partial charge >= 0.3 is 0 Å². The Kier molecular flexibility index (Phi) is 9.76. The zero-order valence-electron chi connectivity index (χ0n) is 19.0. The number of para-hydroxylation sites is 1. The van der Waals surface area contributed by atoms with E-state index in [4.69, 9.17) is 4.74 Å². The Morgan fingerprint density at radius 3 is 2.79 bits per heavy atom. The van der Waals surface area contributed by atoms with Crippen molar-refractivity contribution >= 4 is 23.5 Å². The van der Waals surface area contributed by atoms with Crippen LogP contribution in [0.25, 0.3) is 11.3 Å². The highest BCUT2D eigenvalue weighted by Gasteiger charge is 2.09. The first-order chi connectivity index (χ1) is 16.2. The van der Waals surface area contributed by atoms with Crippen molar-refractivity contribution in [2.75, 3.05) is 18.5 Å². The van der Waals surface area contributed by atoms with Crippen molar-refractivity contribution in [3.8, 4) is 17.0 Å². The molecule has 0 saturated heterocycles. The van der Waals surface area contributed by atoms with Gasteiger partial charge < -0.3 is 10.1 Å². The van der Waals surface area contributed by atoms with E-state index >= 15 is 0 Å². The summed E-state index contributed by atoms with van der Waals surface area (Å²) in [5, 5.41) is 3.40. The van der Waals surface area contributed by atoms with Crippen molar-refractivity contribution in [2.45, 2.75) is 19.1 Å². The Labute approximate surface area is 200 Å². The Hall–Kier alpha value is -3.35. The minimum Gasteiger partial charge on any atom is -0.488 e. The number of allylic oxidation sites excluding steroid dienone is 2. The summed E-state index contributed by atoms with van der Waals surface area (Å²) in [5.41, 5.74) is 4.87. The van der Waals surface area contributed by atoms with Gasteiger partial charge in [0.05, 0.1) is 5.69 Å². The number of aromatic nitrogens is 2. The predicted octanol–water partition coefficient (Wildman–Crippen LogP) is 6.71. The molecule has 2 N–H and O–H groups in total. The molecule has 1 heterocycles. The van der Waals surface area contributed by atoms with Gasteiger partial charge in [-0.05, 0) is 41.8 Å². The van der Waals surface area contributed by atoms with E-state index in [-0.39, 0.29) is 0 Å². The molecule has 3 rings (SSSR count). The van der Waals surface area contributed by atoms with E-state index in [2.05, 4.69) is 58.3 Å². The fourth-order valence-corrected chi connectivity index (χ4v) is 3.86. The van der Waals surface area contributed by atoms with Crippen LogP contribution in [0, 0.1) is 0 Å². The minimum atomic E-state index is 0.403. The van der Waals surface area contributed by atoms with Gasteiger partial charge in [-0.15, -0.1) is 0 Å². The maximum atomic E-state index is 6.05. The summed E-state index contributed by atoms with van der Waals surface area (Å²) in [7, 11) is 0. The molecule has 33 heavy (non-hydrogen) atoms. The number of nitrogens with zero attached hydrogens (tertiary/aromatic N) is 2. The SMILES string of the molecule is C=C/C=C(\C=C)COc1ccccc1-c1cc(Nc2cccc(CSNCCC)c2)ncn1. The second-order valence-corrected chi connectivity index (χ2v) is 8.13. The lowest BCUT2D eigenvalue weighted by atomic mass is 10.1. The van der Waals surface area contributed by atoms with Crippen LogP contribution >= 0.6 is 11.9 Å². The number of hydrogen-bond acceptors (Lipinski definition) is 6. The van der Waals surface area contributed by atoms with Crippen molar-refractivity contribution in [1.82, 2.24) is 14.7 Å². The first kappa shape index (κ1) is 24.3. The maximum Gasteiger partial charge on any atom is 0.134 e. The number of anilines is 2. The molecule has 0 radical (unpaired) electrons. The van der Waals surface area contributed by atoms with Gasteiger partial charge in [-0.1, -0.05) is 74.5 Å². The highest BCUT2D eigenvalue weighted by atomic mass is 32.2. The maximum absolute atomic E-state index is 6.05. The van der Waals surface area contributed by atoms with Crippen LogP contribution in [0.4, 0.5) is 11.5 Å². The number of ether oxygens (including phenoxy) is 1. The lowest BCUT2D eigenvalue weighted by molar-refractivity contribution is 0.357. The fourth-order valence-electron chi connectivity index (χ4n) is 3.06. The topological polar surface area (TPSA) is 59.1 Å². The first-order valence-corrected chi connectivity index (χ1v) is 11.9. The van der Waals surface area contributed by atoms with Crippen LogP contribution in [-0.4, -0.2) is 23.1 Å². The molecular weight excluding hydrogens is 428 g/mol. The van der Waals surface area contributed by atoms with Gasteiger partial charge in [0.25, 0.3) is 0 Å². The van der Waals surface area contributed by atoms with Crippen LogP contribution in [0.2, 0.25) is 0 Å². The average Bonchev–Trinajstić information content (AvgIpc) is 2.85. The molecule has 2 aromatic carbocycles. The molecule has 1 aromatic heterocycles. The molecule has 0 spiro atoms. The van der Waals surface area contributed by atoms with Crippen LogP contribution in [0.15, 0.2) is 97.9 Å². The summed E-state index contributed by atoms with van der Waals surface area (Å²) in [6.07, 6.45) is 8.07. The highest BCUT2D eigenvalue weighted by Crippen LogP contribution is 2.30. The molecule has 0 amide bonds. The summed E-state index contributed by atoms with van der Waals surface area (Å²) in [5.74, 6) is 2.38. The molecule has 0 atom stereocenters. The van der Waals surface area contributed by atoms with Gasteiger partial charge in [-0.25, -0.2) is 9.97 Å². The lowest BCUT2D eigenvalue weighted by Crippen LogP contribution is -2.04. The third-order valence-corrected chi connectivity index (χ3v) is 5.60. The highest BCUT2D eigenvalue weighted by molar-refractivity contribution is 7.96. The fraction of sp³-hybridized carbons (Fsp3) is 0.185. The molecule has 0 aliphatic carbocycles. The molecular formula is C27H30N4OS. The number of hydrogen-bond donors (Lipinski definition) is 2. The third-order valence-electron chi connectivity index (χ3n) is 4.71. The predicted molar refractivity (Wildman–Crippen MR) is 141 cm³/mol.